The van der Waals surface area contributed by atoms with E-state index in [4.69, 9.17) is 11.6 Å². The van der Waals surface area contributed by atoms with E-state index in [9.17, 15) is 14.3 Å². The largest absolute Gasteiger partial charge is 0.507 e. The lowest BCUT2D eigenvalue weighted by Crippen LogP contribution is -2.03. The summed E-state index contributed by atoms with van der Waals surface area (Å²) in [5.41, 5.74) is -0.417. The lowest BCUT2D eigenvalue weighted by molar-refractivity contribution is 0.480. The highest BCUT2D eigenvalue weighted by Gasteiger charge is 2.08. The number of hydrogen-bond donors (Lipinski definition) is 2. The highest BCUT2D eigenvalue weighted by molar-refractivity contribution is 6.35. The first-order valence-corrected chi connectivity index (χ1v) is 4.17. The number of aromatic hydroxyl groups is 1. The normalized spacial score (nSPS) is 10.7. The predicted octanol–water partition coefficient (Wildman–Crippen LogP) is 2.03. The van der Waals surface area contributed by atoms with Crippen molar-refractivity contribution in [1.82, 2.24) is 4.98 Å². The quantitative estimate of drug-likeness (QED) is 0.704. The predicted molar refractivity (Wildman–Crippen MR) is 51.2 cm³/mol. The zero-order valence-electron chi connectivity index (χ0n) is 6.84. The first-order valence-electron chi connectivity index (χ1n) is 3.79. The number of pyridine rings is 1. The molecule has 2 rings (SSSR count). The van der Waals surface area contributed by atoms with Crippen molar-refractivity contribution in [3.63, 3.8) is 0 Å². The highest BCUT2D eigenvalue weighted by Crippen LogP contribution is 2.28. The number of aromatic amines is 1. The molecule has 0 bridgehead atoms. The first-order chi connectivity index (χ1) is 6.59. The number of rotatable bonds is 0. The van der Waals surface area contributed by atoms with Gasteiger partial charge in [-0.25, -0.2) is 4.39 Å². The number of aromatic nitrogens is 1. The van der Waals surface area contributed by atoms with E-state index < -0.39 is 11.4 Å². The molecule has 0 amide bonds. The Hall–Kier alpha value is -1.55. The lowest BCUT2D eigenvalue weighted by atomic mass is 10.2. The van der Waals surface area contributed by atoms with Crippen molar-refractivity contribution in [1.29, 1.82) is 0 Å². The molecule has 72 valence electrons. The van der Waals surface area contributed by atoms with Gasteiger partial charge in [-0.3, -0.25) is 4.79 Å². The summed E-state index contributed by atoms with van der Waals surface area (Å²) >= 11 is 5.61. The zero-order chi connectivity index (χ0) is 10.3. The Balaban J connectivity index is 3.02. The second-order valence-electron chi connectivity index (χ2n) is 2.80. The SMILES string of the molecule is O=c1cc(O)c2ccc(F)c(Cl)c2[nH]1. The number of hydrogen-bond acceptors (Lipinski definition) is 2. The fraction of sp³-hybridized carbons (Fsp3) is 0. The Labute approximate surface area is 82.8 Å². The summed E-state index contributed by atoms with van der Waals surface area (Å²) in [5, 5.41) is 9.48. The molecule has 0 fully saturated rings. The standard InChI is InChI=1S/C9H5ClFNO2/c10-8-5(11)2-1-4-6(13)3-7(14)12-9(4)8/h1-3H,(H2,12,13,14). The molecule has 1 aromatic carbocycles. The molecule has 0 saturated heterocycles. The van der Waals surface area contributed by atoms with Crippen molar-refractivity contribution < 1.29 is 9.50 Å². The number of nitrogens with one attached hydrogen (secondary N) is 1. The smallest absolute Gasteiger partial charge is 0.252 e. The molecule has 14 heavy (non-hydrogen) atoms. The van der Waals surface area contributed by atoms with Crippen molar-refractivity contribution in [2.75, 3.05) is 0 Å². The summed E-state index contributed by atoms with van der Waals surface area (Å²) in [6, 6.07) is 3.49. The van der Waals surface area contributed by atoms with Crippen LogP contribution in [0.15, 0.2) is 23.0 Å². The number of benzene rings is 1. The molecule has 5 heteroatoms. The van der Waals surface area contributed by atoms with Gasteiger partial charge in [-0.05, 0) is 12.1 Å². The Kier molecular flexibility index (Phi) is 1.93. The van der Waals surface area contributed by atoms with Crippen LogP contribution < -0.4 is 5.56 Å². The van der Waals surface area contributed by atoms with Gasteiger partial charge in [0.1, 0.15) is 16.6 Å². The lowest BCUT2D eigenvalue weighted by Gasteiger charge is -2.02. The Bertz CT molecular complexity index is 564. The van der Waals surface area contributed by atoms with Crippen LogP contribution in [0.25, 0.3) is 10.9 Å². The molecule has 2 N–H and O–H groups in total. The third kappa shape index (κ3) is 1.24. The van der Waals surface area contributed by atoms with Gasteiger partial charge in [0, 0.05) is 11.5 Å². The van der Waals surface area contributed by atoms with Gasteiger partial charge in [-0.15, -0.1) is 0 Å². The Morgan fingerprint density at radius 1 is 1.43 bits per heavy atom. The molecular weight excluding hydrogens is 209 g/mol. The van der Waals surface area contributed by atoms with Gasteiger partial charge in [0.05, 0.1) is 5.52 Å². The van der Waals surface area contributed by atoms with E-state index in [1.54, 1.807) is 0 Å². The van der Waals surface area contributed by atoms with Crippen molar-refractivity contribution in [3.8, 4) is 5.75 Å². The van der Waals surface area contributed by atoms with Gasteiger partial charge in [0.15, 0.2) is 0 Å². The minimum Gasteiger partial charge on any atom is -0.507 e. The van der Waals surface area contributed by atoms with Crippen LogP contribution in [0.4, 0.5) is 4.39 Å². The second-order valence-corrected chi connectivity index (χ2v) is 3.18. The van der Waals surface area contributed by atoms with Crippen molar-refractivity contribution >= 4 is 22.5 Å². The zero-order valence-corrected chi connectivity index (χ0v) is 7.60. The summed E-state index contributed by atoms with van der Waals surface area (Å²) in [5.74, 6) is -0.855. The van der Waals surface area contributed by atoms with E-state index in [2.05, 4.69) is 4.98 Å². The van der Waals surface area contributed by atoms with Gasteiger partial charge in [0.25, 0.3) is 5.56 Å². The molecule has 0 atom stereocenters. The third-order valence-corrected chi connectivity index (χ3v) is 2.26. The molecule has 0 radical (unpaired) electrons. The monoisotopic (exact) mass is 213 g/mol. The minimum absolute atomic E-state index is 0.108. The average Bonchev–Trinajstić information content (AvgIpc) is 2.12. The maximum absolute atomic E-state index is 13.0. The molecular formula is C9H5ClFNO2. The molecule has 0 aliphatic heterocycles. The highest BCUT2D eigenvalue weighted by atomic mass is 35.5. The summed E-state index contributed by atoms with van der Waals surface area (Å²) in [7, 11) is 0. The summed E-state index contributed by atoms with van der Waals surface area (Å²) in [6.45, 7) is 0. The van der Waals surface area contributed by atoms with Crippen molar-refractivity contribution in [2.45, 2.75) is 0 Å². The van der Waals surface area contributed by atoms with Crippen LogP contribution >= 0.6 is 11.6 Å². The first kappa shape index (κ1) is 9.02. The van der Waals surface area contributed by atoms with Crippen molar-refractivity contribution in [3.05, 3.63) is 39.4 Å². The molecule has 2 aromatic rings. The maximum atomic E-state index is 13.0. The Morgan fingerprint density at radius 3 is 2.86 bits per heavy atom. The van der Waals surface area contributed by atoms with E-state index >= 15 is 0 Å². The van der Waals surface area contributed by atoms with E-state index in [1.165, 1.54) is 6.07 Å². The van der Waals surface area contributed by atoms with E-state index in [-0.39, 0.29) is 16.3 Å². The van der Waals surface area contributed by atoms with Crippen LogP contribution in [0, 0.1) is 5.82 Å². The van der Waals surface area contributed by atoms with Crippen LogP contribution in [0.1, 0.15) is 0 Å². The Morgan fingerprint density at radius 2 is 2.14 bits per heavy atom. The fourth-order valence-electron chi connectivity index (χ4n) is 1.25. The van der Waals surface area contributed by atoms with Crippen LogP contribution in [0.2, 0.25) is 5.02 Å². The van der Waals surface area contributed by atoms with E-state index in [1.807, 2.05) is 0 Å². The van der Waals surface area contributed by atoms with Crippen LogP contribution in [0.5, 0.6) is 5.75 Å². The maximum Gasteiger partial charge on any atom is 0.252 e. The molecule has 0 aliphatic rings. The minimum atomic E-state index is -0.639. The molecule has 1 heterocycles. The topological polar surface area (TPSA) is 53.1 Å². The second kappa shape index (κ2) is 2.99. The summed E-state index contributed by atoms with van der Waals surface area (Å²) in [6.07, 6.45) is 0. The molecule has 0 unspecified atom stereocenters. The third-order valence-electron chi connectivity index (χ3n) is 1.89. The molecule has 0 saturated carbocycles. The van der Waals surface area contributed by atoms with Gasteiger partial charge < -0.3 is 10.1 Å². The van der Waals surface area contributed by atoms with Crippen LogP contribution in [-0.2, 0) is 0 Å². The van der Waals surface area contributed by atoms with E-state index in [0.717, 1.165) is 12.1 Å². The average molecular weight is 214 g/mol. The molecule has 0 spiro atoms. The summed E-state index contributed by atoms with van der Waals surface area (Å²) < 4.78 is 13.0. The van der Waals surface area contributed by atoms with Gasteiger partial charge in [-0.2, -0.15) is 0 Å². The van der Waals surface area contributed by atoms with Gasteiger partial charge in [0.2, 0.25) is 0 Å². The number of H-pyrrole nitrogens is 1. The van der Waals surface area contributed by atoms with Crippen molar-refractivity contribution in [2.24, 2.45) is 0 Å². The molecule has 0 aliphatic carbocycles. The number of halogens is 2. The van der Waals surface area contributed by atoms with Crippen LogP contribution in [-0.4, -0.2) is 10.1 Å². The van der Waals surface area contributed by atoms with Crippen LogP contribution in [0.3, 0.4) is 0 Å². The fourth-order valence-corrected chi connectivity index (χ4v) is 1.46. The molecule has 1 aromatic heterocycles. The molecule has 3 nitrogen and oxygen atoms in total. The van der Waals surface area contributed by atoms with Gasteiger partial charge >= 0.3 is 0 Å². The van der Waals surface area contributed by atoms with E-state index in [0.29, 0.717) is 5.39 Å². The summed E-state index contributed by atoms with van der Waals surface area (Å²) in [4.78, 5) is 13.3. The number of fused-ring (bicyclic) bond motifs is 1. The van der Waals surface area contributed by atoms with Gasteiger partial charge in [-0.1, -0.05) is 11.6 Å².